The molecule has 1 saturated heterocycles. The fourth-order valence-corrected chi connectivity index (χ4v) is 2.72. The predicted octanol–water partition coefficient (Wildman–Crippen LogP) is 3.41. The maximum Gasteiger partial charge on any atom is 0.119 e. The SMILES string of the molecule is COc1ccc2[nH]cc(N3CCC(C)CC3)c2c1. The van der Waals surface area contributed by atoms with Gasteiger partial charge in [0.1, 0.15) is 5.75 Å². The van der Waals surface area contributed by atoms with Gasteiger partial charge in [-0.2, -0.15) is 0 Å². The van der Waals surface area contributed by atoms with E-state index < -0.39 is 0 Å². The molecule has 2 heterocycles. The number of ether oxygens (including phenoxy) is 1. The van der Waals surface area contributed by atoms with Crippen LogP contribution in [0, 0.1) is 5.92 Å². The molecule has 1 aliphatic heterocycles. The van der Waals surface area contributed by atoms with Gasteiger partial charge >= 0.3 is 0 Å². The number of fused-ring (bicyclic) bond motifs is 1. The van der Waals surface area contributed by atoms with Crippen molar-refractivity contribution in [3.8, 4) is 5.75 Å². The van der Waals surface area contributed by atoms with Crippen LogP contribution in [0.3, 0.4) is 0 Å². The maximum atomic E-state index is 5.32. The van der Waals surface area contributed by atoms with Crippen molar-refractivity contribution < 1.29 is 4.74 Å². The number of nitrogens with zero attached hydrogens (tertiary/aromatic N) is 1. The summed E-state index contributed by atoms with van der Waals surface area (Å²) in [5, 5.41) is 1.27. The molecule has 0 atom stereocenters. The number of aromatic nitrogens is 1. The maximum absolute atomic E-state index is 5.32. The van der Waals surface area contributed by atoms with Gasteiger partial charge in [-0.1, -0.05) is 6.92 Å². The second-order valence-electron chi connectivity index (χ2n) is 5.25. The molecule has 3 heteroatoms. The number of rotatable bonds is 2. The number of benzene rings is 1. The lowest BCUT2D eigenvalue weighted by molar-refractivity contribution is 0.415. The van der Waals surface area contributed by atoms with Crippen LogP contribution in [0.1, 0.15) is 19.8 Å². The fourth-order valence-electron chi connectivity index (χ4n) is 2.72. The van der Waals surface area contributed by atoms with Crippen LogP contribution in [0.2, 0.25) is 0 Å². The highest BCUT2D eigenvalue weighted by Gasteiger charge is 2.18. The molecule has 0 amide bonds. The largest absolute Gasteiger partial charge is 0.497 e. The van der Waals surface area contributed by atoms with Crippen LogP contribution in [0.5, 0.6) is 5.75 Å². The number of methoxy groups -OCH3 is 1. The zero-order valence-corrected chi connectivity index (χ0v) is 11.1. The first-order valence-corrected chi connectivity index (χ1v) is 6.68. The monoisotopic (exact) mass is 244 g/mol. The van der Waals surface area contributed by atoms with Crippen LogP contribution in [-0.2, 0) is 0 Å². The van der Waals surface area contributed by atoms with Crippen LogP contribution < -0.4 is 9.64 Å². The number of piperidine rings is 1. The van der Waals surface area contributed by atoms with E-state index >= 15 is 0 Å². The van der Waals surface area contributed by atoms with Gasteiger partial charge in [-0.05, 0) is 37.0 Å². The molecule has 3 rings (SSSR count). The number of hydrogen-bond donors (Lipinski definition) is 1. The second kappa shape index (κ2) is 4.56. The van der Waals surface area contributed by atoms with Gasteiger partial charge in [-0.15, -0.1) is 0 Å². The van der Waals surface area contributed by atoms with E-state index in [0.717, 1.165) is 24.8 Å². The number of H-pyrrole nitrogens is 1. The average molecular weight is 244 g/mol. The third kappa shape index (κ3) is 1.94. The lowest BCUT2D eigenvalue weighted by atomic mass is 9.99. The highest BCUT2D eigenvalue weighted by atomic mass is 16.5. The molecule has 0 spiro atoms. The van der Waals surface area contributed by atoms with E-state index in [1.807, 2.05) is 6.07 Å². The molecule has 0 saturated carbocycles. The third-order valence-corrected chi connectivity index (χ3v) is 3.99. The molecule has 1 N–H and O–H groups in total. The highest BCUT2D eigenvalue weighted by molar-refractivity contribution is 5.93. The van der Waals surface area contributed by atoms with Crippen molar-refractivity contribution >= 4 is 16.6 Å². The van der Waals surface area contributed by atoms with E-state index in [0.29, 0.717) is 0 Å². The first kappa shape index (κ1) is 11.5. The van der Waals surface area contributed by atoms with Gasteiger partial charge in [0, 0.05) is 30.2 Å². The molecule has 18 heavy (non-hydrogen) atoms. The van der Waals surface area contributed by atoms with Crippen molar-refractivity contribution in [2.24, 2.45) is 5.92 Å². The summed E-state index contributed by atoms with van der Waals surface area (Å²) in [5.74, 6) is 1.79. The number of hydrogen-bond acceptors (Lipinski definition) is 2. The van der Waals surface area contributed by atoms with E-state index in [1.165, 1.54) is 29.4 Å². The Morgan fingerprint density at radius 1 is 1.28 bits per heavy atom. The van der Waals surface area contributed by atoms with Gasteiger partial charge < -0.3 is 14.6 Å². The summed E-state index contributed by atoms with van der Waals surface area (Å²) in [7, 11) is 1.72. The van der Waals surface area contributed by atoms with Crippen molar-refractivity contribution in [3.63, 3.8) is 0 Å². The molecule has 0 unspecified atom stereocenters. The quantitative estimate of drug-likeness (QED) is 0.876. The Kier molecular flexibility index (Phi) is 2.90. The van der Waals surface area contributed by atoms with Gasteiger partial charge in [0.05, 0.1) is 12.8 Å². The zero-order valence-electron chi connectivity index (χ0n) is 11.1. The topological polar surface area (TPSA) is 28.3 Å². The number of nitrogens with one attached hydrogen (secondary N) is 1. The first-order chi connectivity index (χ1) is 8.78. The summed E-state index contributed by atoms with van der Waals surface area (Å²) in [5.41, 5.74) is 2.50. The Bertz CT molecular complexity index is 538. The summed E-state index contributed by atoms with van der Waals surface area (Å²) >= 11 is 0. The minimum Gasteiger partial charge on any atom is -0.497 e. The Morgan fingerprint density at radius 2 is 2.06 bits per heavy atom. The number of anilines is 1. The standard InChI is InChI=1S/C15H20N2O/c1-11-5-7-17(8-6-11)15-10-16-14-4-3-12(18-2)9-13(14)15/h3-4,9-11,16H,5-8H2,1-2H3. The molecular formula is C15H20N2O. The van der Waals surface area contributed by atoms with Crippen LogP contribution in [0.4, 0.5) is 5.69 Å². The molecule has 3 nitrogen and oxygen atoms in total. The van der Waals surface area contributed by atoms with E-state index in [-0.39, 0.29) is 0 Å². The second-order valence-corrected chi connectivity index (χ2v) is 5.25. The molecule has 96 valence electrons. The molecule has 1 aromatic heterocycles. The minimum absolute atomic E-state index is 0.862. The van der Waals surface area contributed by atoms with Gasteiger partial charge in [-0.3, -0.25) is 0 Å². The lowest BCUT2D eigenvalue weighted by Crippen LogP contribution is -2.32. The Morgan fingerprint density at radius 3 is 2.78 bits per heavy atom. The Balaban J connectivity index is 1.96. The summed E-state index contributed by atoms with van der Waals surface area (Å²) in [6, 6.07) is 6.21. The minimum atomic E-state index is 0.862. The van der Waals surface area contributed by atoms with Crippen LogP contribution in [0.15, 0.2) is 24.4 Å². The molecular weight excluding hydrogens is 224 g/mol. The Labute approximate surface area is 108 Å². The summed E-state index contributed by atoms with van der Waals surface area (Å²) in [4.78, 5) is 5.84. The molecule has 1 aromatic carbocycles. The van der Waals surface area contributed by atoms with E-state index in [4.69, 9.17) is 4.74 Å². The summed E-state index contributed by atoms with van der Waals surface area (Å²) in [6.45, 7) is 4.66. The van der Waals surface area contributed by atoms with Gasteiger partial charge in [-0.25, -0.2) is 0 Å². The van der Waals surface area contributed by atoms with Crippen LogP contribution in [-0.4, -0.2) is 25.2 Å². The smallest absolute Gasteiger partial charge is 0.119 e. The van der Waals surface area contributed by atoms with Gasteiger partial charge in [0.25, 0.3) is 0 Å². The van der Waals surface area contributed by atoms with Crippen LogP contribution >= 0.6 is 0 Å². The van der Waals surface area contributed by atoms with Crippen molar-refractivity contribution in [1.82, 2.24) is 4.98 Å². The first-order valence-electron chi connectivity index (χ1n) is 6.68. The van der Waals surface area contributed by atoms with E-state index in [2.05, 4.69) is 35.1 Å². The van der Waals surface area contributed by atoms with Gasteiger partial charge in [0.15, 0.2) is 0 Å². The lowest BCUT2D eigenvalue weighted by Gasteiger charge is -2.31. The van der Waals surface area contributed by atoms with E-state index in [1.54, 1.807) is 7.11 Å². The van der Waals surface area contributed by atoms with Crippen molar-refractivity contribution in [1.29, 1.82) is 0 Å². The number of aromatic amines is 1. The summed E-state index contributed by atoms with van der Waals surface area (Å²) in [6.07, 6.45) is 4.70. The van der Waals surface area contributed by atoms with Crippen molar-refractivity contribution in [2.75, 3.05) is 25.1 Å². The van der Waals surface area contributed by atoms with Crippen molar-refractivity contribution in [3.05, 3.63) is 24.4 Å². The van der Waals surface area contributed by atoms with Gasteiger partial charge in [0.2, 0.25) is 0 Å². The van der Waals surface area contributed by atoms with E-state index in [9.17, 15) is 0 Å². The van der Waals surface area contributed by atoms with Crippen molar-refractivity contribution in [2.45, 2.75) is 19.8 Å². The molecule has 0 radical (unpaired) electrons. The molecule has 0 aliphatic carbocycles. The zero-order chi connectivity index (χ0) is 12.5. The fraction of sp³-hybridized carbons (Fsp3) is 0.467. The molecule has 1 aliphatic rings. The third-order valence-electron chi connectivity index (χ3n) is 3.99. The average Bonchev–Trinajstić information content (AvgIpc) is 2.82. The highest BCUT2D eigenvalue weighted by Crippen LogP contribution is 2.32. The molecule has 1 fully saturated rings. The predicted molar refractivity (Wildman–Crippen MR) is 75.5 cm³/mol. The van der Waals surface area contributed by atoms with Crippen LogP contribution in [0.25, 0.3) is 10.9 Å². The molecule has 0 bridgehead atoms. The molecule has 2 aromatic rings. The normalized spacial score (nSPS) is 17.3. The Hall–Kier alpha value is -1.64. The summed E-state index contributed by atoms with van der Waals surface area (Å²) < 4.78 is 5.32.